The lowest BCUT2D eigenvalue weighted by molar-refractivity contribution is -0.186. The van der Waals surface area contributed by atoms with Crippen molar-refractivity contribution in [2.24, 2.45) is 0 Å². The maximum atomic E-state index is 13.2. The molecule has 3 rings (SSSR count). The minimum atomic E-state index is -4.98. The van der Waals surface area contributed by atoms with E-state index in [0.717, 1.165) is 11.7 Å². The van der Waals surface area contributed by atoms with Crippen molar-refractivity contribution in [1.82, 2.24) is 19.7 Å². The molecule has 8 nitrogen and oxygen atoms in total. The maximum absolute atomic E-state index is 13.2. The number of hydrogen-bond donors (Lipinski definition) is 1. The number of amides is 2. The van der Waals surface area contributed by atoms with E-state index in [1.807, 2.05) is 0 Å². The fourth-order valence-electron chi connectivity index (χ4n) is 3.86. The summed E-state index contributed by atoms with van der Waals surface area (Å²) in [6, 6.07) is -0.668. The molecule has 1 fully saturated rings. The normalized spacial score (nSPS) is 17.1. The lowest BCUT2D eigenvalue weighted by Gasteiger charge is -2.28. The fourth-order valence-corrected chi connectivity index (χ4v) is 5.40. The Morgan fingerprint density at radius 1 is 1.32 bits per heavy atom. The molecule has 0 aromatic carbocycles. The van der Waals surface area contributed by atoms with Crippen molar-refractivity contribution < 1.29 is 31.5 Å². The van der Waals surface area contributed by atoms with Crippen molar-refractivity contribution in [2.75, 3.05) is 30.4 Å². The number of aryl methyl sites for hydroxylation is 1. The van der Waals surface area contributed by atoms with Crippen LogP contribution < -0.4 is 10.2 Å². The summed E-state index contributed by atoms with van der Waals surface area (Å²) < 4.78 is 66.5. The summed E-state index contributed by atoms with van der Waals surface area (Å²) in [5.74, 6) is -2.24. The van der Waals surface area contributed by atoms with Gasteiger partial charge >= 0.3 is 12.1 Å². The predicted molar refractivity (Wildman–Crippen MR) is 119 cm³/mol. The van der Waals surface area contributed by atoms with Crippen LogP contribution in [0, 0.1) is 6.92 Å². The van der Waals surface area contributed by atoms with Gasteiger partial charge < -0.3 is 15.1 Å². The lowest BCUT2D eigenvalue weighted by Crippen LogP contribution is -2.45. The van der Waals surface area contributed by atoms with E-state index in [1.165, 1.54) is 17.5 Å². The van der Waals surface area contributed by atoms with Crippen LogP contribution in [0.15, 0.2) is 10.1 Å². The molecule has 188 valence electrons. The zero-order valence-corrected chi connectivity index (χ0v) is 20.6. The summed E-state index contributed by atoms with van der Waals surface area (Å²) in [6.45, 7) is 1.49. The van der Waals surface area contributed by atoms with Crippen LogP contribution in [0.3, 0.4) is 0 Å². The van der Waals surface area contributed by atoms with Gasteiger partial charge in [0, 0.05) is 31.1 Å². The highest BCUT2D eigenvalue weighted by Gasteiger charge is 2.43. The molecule has 1 aliphatic rings. The fraction of sp³-hybridized carbons (Fsp3) is 0.579. The van der Waals surface area contributed by atoms with Gasteiger partial charge in [0.2, 0.25) is 0 Å². The SMILES string of the molecule is Cc1sc(Br)nc1C(=O)Nc1cnn(CC(F)F)c1N1CCC[C@H](N(C)C(=O)C(F)(F)F)CC1. The average Bonchev–Trinajstić information content (AvgIpc) is 3.17. The van der Waals surface area contributed by atoms with Crippen molar-refractivity contribution >= 4 is 50.6 Å². The number of anilines is 2. The number of alkyl halides is 5. The van der Waals surface area contributed by atoms with E-state index in [1.54, 1.807) is 11.8 Å². The molecular formula is C19H22BrF5N6O2S. The second-order valence-electron chi connectivity index (χ2n) is 7.77. The number of carbonyl (C=O) groups excluding carboxylic acids is 2. The number of halogens is 6. The molecule has 34 heavy (non-hydrogen) atoms. The van der Waals surface area contributed by atoms with Crippen molar-refractivity contribution in [1.29, 1.82) is 0 Å². The van der Waals surface area contributed by atoms with Crippen LogP contribution in [0.5, 0.6) is 0 Å². The molecule has 3 heterocycles. The van der Waals surface area contributed by atoms with E-state index in [0.29, 0.717) is 33.1 Å². The lowest BCUT2D eigenvalue weighted by atomic mass is 10.1. The molecule has 0 aliphatic carbocycles. The Hall–Kier alpha value is -2.29. The van der Waals surface area contributed by atoms with Crippen LogP contribution in [0.4, 0.5) is 33.5 Å². The Morgan fingerprint density at radius 3 is 2.62 bits per heavy atom. The predicted octanol–water partition coefficient (Wildman–Crippen LogP) is 4.31. The van der Waals surface area contributed by atoms with Gasteiger partial charge in [-0.15, -0.1) is 11.3 Å². The van der Waals surface area contributed by atoms with Gasteiger partial charge in [-0.05, 0) is 42.1 Å². The molecule has 0 spiro atoms. The molecule has 1 atom stereocenters. The number of nitrogens with one attached hydrogen (secondary N) is 1. The number of nitrogens with zero attached hydrogens (tertiary/aromatic N) is 5. The van der Waals surface area contributed by atoms with E-state index >= 15 is 0 Å². The molecule has 1 N–H and O–H groups in total. The first-order valence-corrected chi connectivity index (χ1v) is 11.9. The van der Waals surface area contributed by atoms with E-state index in [9.17, 15) is 31.5 Å². The Kier molecular flexibility index (Phi) is 8.16. The summed E-state index contributed by atoms with van der Waals surface area (Å²) >= 11 is 4.48. The van der Waals surface area contributed by atoms with Crippen LogP contribution in [-0.4, -0.2) is 70.3 Å². The largest absolute Gasteiger partial charge is 0.471 e. The van der Waals surface area contributed by atoms with Crippen molar-refractivity contribution in [3.63, 3.8) is 0 Å². The van der Waals surface area contributed by atoms with Gasteiger partial charge in [-0.3, -0.25) is 9.59 Å². The third kappa shape index (κ3) is 6.03. The highest BCUT2D eigenvalue weighted by molar-refractivity contribution is 9.11. The maximum Gasteiger partial charge on any atom is 0.471 e. The van der Waals surface area contributed by atoms with E-state index < -0.39 is 37.0 Å². The van der Waals surface area contributed by atoms with Gasteiger partial charge in [-0.25, -0.2) is 18.4 Å². The first kappa shape index (κ1) is 26.3. The number of hydrogen-bond acceptors (Lipinski definition) is 6. The number of thiazole rings is 1. The van der Waals surface area contributed by atoms with Crippen LogP contribution in [-0.2, 0) is 11.3 Å². The first-order valence-electron chi connectivity index (χ1n) is 10.3. The Balaban J connectivity index is 1.83. The summed E-state index contributed by atoms with van der Waals surface area (Å²) in [5, 5.41) is 6.66. The van der Waals surface area contributed by atoms with Crippen LogP contribution >= 0.6 is 27.3 Å². The number of carbonyl (C=O) groups is 2. The third-order valence-corrected chi connectivity index (χ3v) is 6.89. The molecule has 2 amide bonds. The zero-order chi connectivity index (χ0) is 25.2. The van der Waals surface area contributed by atoms with Gasteiger partial charge in [-0.2, -0.15) is 18.3 Å². The van der Waals surface area contributed by atoms with Crippen molar-refractivity contribution in [3.05, 3.63) is 20.7 Å². The van der Waals surface area contributed by atoms with Gasteiger partial charge in [0.1, 0.15) is 17.9 Å². The van der Waals surface area contributed by atoms with Gasteiger partial charge in [0.05, 0.1) is 6.20 Å². The monoisotopic (exact) mass is 572 g/mol. The van der Waals surface area contributed by atoms with Gasteiger partial charge in [0.15, 0.2) is 9.73 Å². The van der Waals surface area contributed by atoms with Gasteiger partial charge in [0.25, 0.3) is 12.3 Å². The number of aromatic nitrogens is 3. The minimum absolute atomic E-state index is 0.174. The van der Waals surface area contributed by atoms with Crippen LogP contribution in [0.1, 0.15) is 34.6 Å². The topological polar surface area (TPSA) is 83.4 Å². The standard InChI is InChI=1S/C19H22BrF5N6O2S/c1-10-14(28-18(20)34-10)15(32)27-12-8-26-31(9-13(21)22)16(12)30-6-3-4-11(5-7-30)29(2)17(33)19(23,24)25/h8,11,13H,3-7,9H2,1-2H3,(H,27,32)/t11-/m0/s1. The molecule has 0 bridgehead atoms. The summed E-state index contributed by atoms with van der Waals surface area (Å²) in [7, 11) is 1.11. The van der Waals surface area contributed by atoms with Crippen LogP contribution in [0.25, 0.3) is 0 Å². The Labute approximate surface area is 204 Å². The molecule has 0 radical (unpaired) electrons. The Bertz CT molecular complexity index is 1040. The van der Waals surface area contributed by atoms with Crippen molar-refractivity contribution in [3.8, 4) is 0 Å². The quantitative estimate of drug-likeness (QED) is 0.522. The summed E-state index contributed by atoms with van der Waals surface area (Å²) in [5.41, 5.74) is 0.361. The molecule has 1 aliphatic heterocycles. The molecule has 2 aromatic heterocycles. The molecular weight excluding hydrogens is 551 g/mol. The van der Waals surface area contributed by atoms with E-state index in [2.05, 4.69) is 31.3 Å². The summed E-state index contributed by atoms with van der Waals surface area (Å²) in [6.07, 6.45) is -5.53. The second-order valence-corrected chi connectivity index (χ2v) is 10.2. The van der Waals surface area contributed by atoms with E-state index in [4.69, 9.17) is 0 Å². The molecule has 1 saturated heterocycles. The molecule has 0 saturated carbocycles. The Morgan fingerprint density at radius 2 is 2.03 bits per heavy atom. The van der Waals surface area contributed by atoms with Crippen LogP contribution in [0.2, 0.25) is 0 Å². The average molecular weight is 573 g/mol. The molecule has 0 unspecified atom stereocenters. The second kappa shape index (κ2) is 10.5. The molecule has 15 heteroatoms. The van der Waals surface area contributed by atoms with Gasteiger partial charge in [-0.1, -0.05) is 0 Å². The smallest absolute Gasteiger partial charge is 0.355 e. The minimum Gasteiger partial charge on any atom is -0.355 e. The van der Waals surface area contributed by atoms with E-state index in [-0.39, 0.29) is 30.2 Å². The number of rotatable bonds is 6. The first-order chi connectivity index (χ1) is 15.9. The van der Waals surface area contributed by atoms with Crippen molar-refractivity contribution in [2.45, 2.75) is 51.4 Å². The third-order valence-electron chi connectivity index (χ3n) is 5.46. The zero-order valence-electron chi connectivity index (χ0n) is 18.2. The summed E-state index contributed by atoms with van der Waals surface area (Å²) in [4.78, 5) is 31.5. The highest BCUT2D eigenvalue weighted by Crippen LogP contribution is 2.31. The highest BCUT2D eigenvalue weighted by atomic mass is 79.9. The molecule has 2 aromatic rings.